The van der Waals surface area contributed by atoms with Crippen molar-refractivity contribution in [3.63, 3.8) is 0 Å². The molecule has 0 saturated carbocycles. The van der Waals surface area contributed by atoms with E-state index < -0.39 is 20.0 Å². The van der Waals surface area contributed by atoms with Crippen LogP contribution in [0.1, 0.15) is 149 Å². The molecule has 3 atom stereocenters. The van der Waals surface area contributed by atoms with Crippen LogP contribution in [0.25, 0.3) is 0 Å². The first-order chi connectivity index (χ1) is 28.5. The number of hydrogen-bond acceptors (Lipinski definition) is 5. The second-order valence-corrected chi connectivity index (χ2v) is 17.5. The molecule has 0 radical (unpaired) electrons. The largest absolute Gasteiger partial charge is 0.472 e. The predicted octanol–water partition coefficient (Wildman–Crippen LogP) is 12.9. The maximum Gasteiger partial charge on any atom is 0.472 e. The summed E-state index contributed by atoms with van der Waals surface area (Å²) in [6.07, 6.45) is 59.1. The molecule has 0 heterocycles. The minimum absolute atomic E-state index is 0.0512. The zero-order chi connectivity index (χ0) is 43.6. The predicted molar refractivity (Wildman–Crippen MR) is 253 cm³/mol. The van der Waals surface area contributed by atoms with E-state index in [1.54, 1.807) is 6.08 Å². The molecule has 9 heteroatoms. The van der Waals surface area contributed by atoms with Crippen LogP contribution in [-0.4, -0.2) is 73.4 Å². The van der Waals surface area contributed by atoms with Gasteiger partial charge in [0.05, 0.1) is 39.9 Å². The van der Waals surface area contributed by atoms with E-state index in [9.17, 15) is 19.4 Å². The molecule has 59 heavy (non-hydrogen) atoms. The Balaban J connectivity index is 4.14. The summed E-state index contributed by atoms with van der Waals surface area (Å²) in [5.41, 5.74) is 0. The van der Waals surface area contributed by atoms with Crippen molar-refractivity contribution in [3.05, 3.63) is 109 Å². The number of likely N-dealkylation sites (N-methyl/N-ethyl adjacent to an activating group) is 1. The molecule has 3 N–H and O–H groups in total. The van der Waals surface area contributed by atoms with Crippen LogP contribution in [0.5, 0.6) is 0 Å². The van der Waals surface area contributed by atoms with E-state index in [0.29, 0.717) is 17.4 Å². The number of nitrogens with zero attached hydrogens (tertiary/aromatic N) is 1. The number of quaternary nitrogens is 1. The third-order valence-corrected chi connectivity index (χ3v) is 10.2. The molecule has 0 aromatic rings. The fraction of sp³-hybridized carbons (Fsp3) is 0.620. The van der Waals surface area contributed by atoms with Crippen LogP contribution in [0.4, 0.5) is 0 Å². The van der Waals surface area contributed by atoms with Gasteiger partial charge in [0.25, 0.3) is 0 Å². The van der Waals surface area contributed by atoms with Gasteiger partial charge in [0.2, 0.25) is 5.91 Å². The molecule has 0 saturated heterocycles. The number of aliphatic hydroxyl groups is 1. The quantitative estimate of drug-likeness (QED) is 0.0246. The SMILES string of the molecule is CC/C=C\C/C=C\C/C=C\C/C=C\C/C=C\C/C=C\C/C=C\C/C=C\CCCCCCCCC(=O)NC(COP(=O)(O)OCC[N+](C)(C)C)C(O)/C=C/CCCCCC. The van der Waals surface area contributed by atoms with Crippen molar-refractivity contribution >= 4 is 13.7 Å². The van der Waals surface area contributed by atoms with Gasteiger partial charge in [-0.3, -0.25) is 13.8 Å². The van der Waals surface area contributed by atoms with E-state index in [4.69, 9.17) is 9.05 Å². The molecule has 1 amide bonds. The van der Waals surface area contributed by atoms with Gasteiger partial charge in [0.1, 0.15) is 13.2 Å². The number of unbranched alkanes of at least 4 members (excludes halogenated alkanes) is 10. The number of hydrogen-bond donors (Lipinski definition) is 3. The molecule has 0 aliphatic carbocycles. The van der Waals surface area contributed by atoms with E-state index in [-0.39, 0.29) is 19.1 Å². The fourth-order valence-electron chi connectivity index (χ4n) is 5.64. The Morgan fingerprint density at radius 1 is 0.593 bits per heavy atom. The summed E-state index contributed by atoms with van der Waals surface area (Å²) in [4.78, 5) is 23.0. The van der Waals surface area contributed by atoms with Gasteiger partial charge in [0.15, 0.2) is 0 Å². The molecular weight excluding hydrogens is 756 g/mol. The van der Waals surface area contributed by atoms with Gasteiger partial charge >= 0.3 is 7.82 Å². The lowest BCUT2D eigenvalue weighted by atomic mass is 10.1. The molecular formula is C50H86N2O6P+. The van der Waals surface area contributed by atoms with Crippen LogP contribution in [0.3, 0.4) is 0 Å². The number of phosphoric ester groups is 1. The standard InChI is InChI=1S/C50H85N2O6P/c1-6-8-10-12-14-15-16-17-18-19-20-21-22-23-24-25-26-27-28-29-30-31-32-33-34-35-36-37-38-40-42-44-50(54)51-48(49(53)43-41-39-13-11-9-7-2)47-58-59(55,56)57-46-45-52(3,4)5/h8,10,14-15,17-18,20-21,23-24,26-27,29-30,32-33,41,43,48-49,53H,6-7,9,11-13,16,19,22,25,28,31,34-40,42,44-47H2,1-5H3,(H-,51,54,55,56)/p+1/b10-8-,15-14-,18-17-,21-20-,24-23-,27-26-,30-29-,33-32-,43-41+. The van der Waals surface area contributed by atoms with Gasteiger partial charge in [-0.15, -0.1) is 0 Å². The Morgan fingerprint density at radius 3 is 1.49 bits per heavy atom. The smallest absolute Gasteiger partial charge is 0.387 e. The van der Waals surface area contributed by atoms with Crippen molar-refractivity contribution < 1.29 is 32.9 Å². The third-order valence-electron chi connectivity index (χ3n) is 9.25. The van der Waals surface area contributed by atoms with Gasteiger partial charge in [-0.2, -0.15) is 0 Å². The molecule has 0 aliphatic heterocycles. The Bertz CT molecular complexity index is 1320. The summed E-state index contributed by atoms with van der Waals surface area (Å²) in [6.45, 7) is 4.57. The van der Waals surface area contributed by atoms with Crippen molar-refractivity contribution in [2.75, 3.05) is 40.9 Å². The minimum atomic E-state index is -4.34. The number of carbonyl (C=O) groups excluding carboxylic acids is 1. The number of phosphoric acid groups is 1. The van der Waals surface area contributed by atoms with Gasteiger partial charge in [-0.25, -0.2) is 4.57 Å². The number of carbonyl (C=O) groups is 1. The fourth-order valence-corrected chi connectivity index (χ4v) is 6.38. The van der Waals surface area contributed by atoms with E-state index in [1.807, 2.05) is 27.2 Å². The summed E-state index contributed by atoms with van der Waals surface area (Å²) < 4.78 is 23.4. The van der Waals surface area contributed by atoms with Gasteiger partial charge in [-0.05, 0) is 83.5 Å². The Hall–Kier alpha value is -2.84. The molecule has 0 spiro atoms. The summed E-state index contributed by atoms with van der Waals surface area (Å²) in [6, 6.07) is -0.858. The third kappa shape index (κ3) is 43.1. The second kappa shape index (κ2) is 40.6. The second-order valence-electron chi connectivity index (χ2n) is 16.0. The molecule has 0 aromatic heterocycles. The maximum atomic E-state index is 12.8. The van der Waals surface area contributed by atoms with Crippen molar-refractivity contribution in [3.8, 4) is 0 Å². The number of allylic oxidation sites excluding steroid dienone is 17. The van der Waals surface area contributed by atoms with Crippen molar-refractivity contribution in [1.82, 2.24) is 5.32 Å². The maximum absolute atomic E-state index is 12.8. The van der Waals surface area contributed by atoms with E-state index >= 15 is 0 Å². The van der Waals surface area contributed by atoms with Crippen LogP contribution in [-0.2, 0) is 18.4 Å². The average molecular weight is 842 g/mol. The van der Waals surface area contributed by atoms with E-state index in [2.05, 4.69) is 116 Å². The molecule has 0 aromatic carbocycles. The first kappa shape index (κ1) is 56.2. The molecule has 336 valence electrons. The van der Waals surface area contributed by atoms with Crippen LogP contribution in [0.15, 0.2) is 109 Å². The van der Waals surface area contributed by atoms with Crippen molar-refractivity contribution in [1.29, 1.82) is 0 Å². The molecule has 0 fully saturated rings. The summed E-state index contributed by atoms with van der Waals surface area (Å²) in [5.74, 6) is -0.204. The highest BCUT2D eigenvalue weighted by Gasteiger charge is 2.27. The monoisotopic (exact) mass is 842 g/mol. The first-order valence-corrected chi connectivity index (χ1v) is 24.3. The van der Waals surface area contributed by atoms with E-state index in [1.165, 1.54) is 19.3 Å². The van der Waals surface area contributed by atoms with Gasteiger partial charge in [-0.1, -0.05) is 168 Å². The summed E-state index contributed by atoms with van der Waals surface area (Å²) in [5, 5.41) is 13.6. The van der Waals surface area contributed by atoms with Gasteiger partial charge < -0.3 is 19.8 Å². The topological polar surface area (TPSA) is 105 Å². The minimum Gasteiger partial charge on any atom is -0.387 e. The number of aliphatic hydroxyl groups excluding tert-OH is 1. The van der Waals surface area contributed by atoms with Crippen LogP contribution in [0, 0.1) is 0 Å². The molecule has 0 aliphatic rings. The lowest BCUT2D eigenvalue weighted by molar-refractivity contribution is -0.870. The highest BCUT2D eigenvalue weighted by atomic mass is 31.2. The summed E-state index contributed by atoms with van der Waals surface area (Å²) in [7, 11) is 1.53. The normalized spacial score (nSPS) is 15.3. The lowest BCUT2D eigenvalue weighted by Gasteiger charge is -2.25. The Morgan fingerprint density at radius 2 is 1.02 bits per heavy atom. The van der Waals surface area contributed by atoms with E-state index in [0.717, 1.165) is 109 Å². The van der Waals surface area contributed by atoms with Crippen molar-refractivity contribution in [2.24, 2.45) is 0 Å². The van der Waals surface area contributed by atoms with Crippen LogP contribution in [0.2, 0.25) is 0 Å². The summed E-state index contributed by atoms with van der Waals surface area (Å²) >= 11 is 0. The molecule has 8 nitrogen and oxygen atoms in total. The van der Waals surface area contributed by atoms with Crippen LogP contribution < -0.4 is 5.32 Å². The Labute approximate surface area is 361 Å². The average Bonchev–Trinajstić information content (AvgIpc) is 3.19. The lowest BCUT2D eigenvalue weighted by Crippen LogP contribution is -2.45. The molecule has 0 rings (SSSR count). The zero-order valence-corrected chi connectivity index (χ0v) is 38.8. The van der Waals surface area contributed by atoms with Crippen molar-refractivity contribution in [2.45, 2.75) is 161 Å². The zero-order valence-electron chi connectivity index (χ0n) is 37.9. The Kier molecular flexibility index (Phi) is 38.6. The van der Waals surface area contributed by atoms with Gasteiger partial charge in [0, 0.05) is 6.42 Å². The highest BCUT2D eigenvalue weighted by Crippen LogP contribution is 2.43. The number of amides is 1. The molecule has 0 bridgehead atoms. The number of nitrogens with one attached hydrogen (secondary N) is 1. The number of rotatable bonds is 39. The molecule has 3 unspecified atom stereocenters. The first-order valence-electron chi connectivity index (χ1n) is 22.8. The highest BCUT2D eigenvalue weighted by molar-refractivity contribution is 7.47. The van der Waals surface area contributed by atoms with Crippen LogP contribution >= 0.6 is 7.82 Å².